The Balaban J connectivity index is 0.000000284. The number of allylic oxidation sites excluding steroid dienone is 12. The van der Waals surface area contributed by atoms with E-state index in [1.165, 1.54) is 0 Å². The van der Waals surface area contributed by atoms with E-state index in [9.17, 15) is 10.2 Å². The largest absolute Gasteiger partial charge is 2.00 e. The summed E-state index contributed by atoms with van der Waals surface area (Å²) in [4.78, 5) is 0. The first-order valence-corrected chi connectivity index (χ1v) is 5.06. The van der Waals surface area contributed by atoms with Gasteiger partial charge in [-0.3, -0.25) is 0 Å². The minimum Gasteiger partial charge on any atom is -0.875 e. The van der Waals surface area contributed by atoms with Crippen molar-refractivity contribution in [3.63, 3.8) is 0 Å². The molecule has 3 heteroatoms. The molecule has 2 aliphatic rings. The number of hydrogen-bond donors (Lipinski definition) is 0. The van der Waals surface area contributed by atoms with Crippen molar-refractivity contribution in [2.75, 3.05) is 0 Å². The van der Waals surface area contributed by atoms with Gasteiger partial charge in [0.05, 0.1) is 0 Å². The van der Waals surface area contributed by atoms with Gasteiger partial charge in [-0.2, -0.15) is 0 Å². The molecular weight excluding hydrogens is 256 g/mol. The van der Waals surface area contributed by atoms with Crippen LogP contribution in [0.3, 0.4) is 0 Å². The average molecular weight is 270 g/mol. The quantitative estimate of drug-likeness (QED) is 0.494. The zero-order chi connectivity index (χ0) is 12.0. The van der Waals surface area contributed by atoms with Crippen molar-refractivity contribution in [3.05, 3.63) is 71.3 Å². The molecule has 0 spiro atoms. The van der Waals surface area contributed by atoms with E-state index < -0.39 is 0 Å². The van der Waals surface area contributed by atoms with Gasteiger partial charge in [0.1, 0.15) is 0 Å². The van der Waals surface area contributed by atoms with Crippen LogP contribution >= 0.6 is 0 Å². The average Bonchev–Trinajstić information content (AvgIpc) is 2.93. The summed E-state index contributed by atoms with van der Waals surface area (Å²) in [6.45, 7) is 3.13. The van der Waals surface area contributed by atoms with E-state index in [4.69, 9.17) is 0 Å². The molecule has 2 rings (SSSR count). The van der Waals surface area contributed by atoms with E-state index in [-0.39, 0.29) is 28.6 Å². The molecule has 0 aliphatic heterocycles. The van der Waals surface area contributed by atoms with Gasteiger partial charge in [-0.25, -0.2) is 0 Å². The molecule has 90 valence electrons. The predicted octanol–water partition coefficient (Wildman–Crippen LogP) is 1.49. The van der Waals surface area contributed by atoms with E-state index in [1.807, 2.05) is 48.6 Å². The van der Waals surface area contributed by atoms with Crippen molar-refractivity contribution < 1.29 is 27.3 Å². The minimum absolute atomic E-state index is 0. The molecule has 0 heterocycles. The first-order valence-electron chi connectivity index (χ1n) is 5.06. The van der Waals surface area contributed by atoms with Crippen LogP contribution in [0.15, 0.2) is 71.3 Å². The maximum Gasteiger partial charge on any atom is 2.00 e. The fourth-order valence-corrected chi connectivity index (χ4v) is 1.22. The van der Waals surface area contributed by atoms with Gasteiger partial charge in [-0.15, -0.1) is 11.5 Å². The van der Waals surface area contributed by atoms with Crippen LogP contribution in [-0.2, 0) is 17.1 Å². The van der Waals surface area contributed by atoms with Gasteiger partial charge in [0.15, 0.2) is 0 Å². The molecule has 0 aromatic rings. The molecule has 0 amide bonds. The van der Waals surface area contributed by atoms with Gasteiger partial charge in [0, 0.05) is 0 Å². The predicted molar refractivity (Wildman–Crippen MR) is 62.0 cm³/mol. The first kappa shape index (κ1) is 15.6. The Morgan fingerprint density at radius 3 is 1.06 bits per heavy atom. The Bertz CT molecular complexity index is 357. The van der Waals surface area contributed by atoms with Crippen molar-refractivity contribution in [2.24, 2.45) is 0 Å². The van der Waals surface area contributed by atoms with Crippen molar-refractivity contribution in [3.8, 4) is 0 Å². The Hall–Kier alpha value is -1.44. The van der Waals surface area contributed by atoms with Crippen molar-refractivity contribution >= 4 is 0 Å². The molecule has 17 heavy (non-hydrogen) atoms. The zero-order valence-corrected chi connectivity index (χ0v) is 10.9. The van der Waals surface area contributed by atoms with Crippen LogP contribution in [0, 0.1) is 0 Å². The second-order valence-electron chi connectivity index (χ2n) is 3.46. The monoisotopic (exact) mass is 270 g/mol. The third-order valence-corrected chi connectivity index (χ3v) is 2.14. The summed E-state index contributed by atoms with van der Waals surface area (Å²) in [5.74, 6) is 0.269. The molecular formula is C14H14FeO2. The summed E-state index contributed by atoms with van der Waals surface area (Å²) in [6.07, 6.45) is 14.7. The first-order chi connectivity index (χ1) is 7.61. The molecule has 0 atom stereocenters. The standard InChI is InChI=1S/2C7H8O.Fe/c2*1-6(8)7-4-2-3-5-7;/h2*2-5,8H,1H3;/q;;+2/p-2. The molecule has 2 aliphatic carbocycles. The van der Waals surface area contributed by atoms with Crippen LogP contribution in [0.1, 0.15) is 13.8 Å². The summed E-state index contributed by atoms with van der Waals surface area (Å²) >= 11 is 0. The number of rotatable bonds is 0. The maximum absolute atomic E-state index is 10.5. The Labute approximate surface area is 113 Å². The second kappa shape index (κ2) is 7.77. The summed E-state index contributed by atoms with van der Waals surface area (Å²) in [7, 11) is 0. The van der Waals surface area contributed by atoms with Crippen LogP contribution in [-0.4, -0.2) is 0 Å². The Morgan fingerprint density at radius 2 is 0.941 bits per heavy atom. The SMILES string of the molecule is CC([O-])=C1C=CC=C1.CC([O-])=C1C=CC=C1.[Fe+2]. The van der Waals surface area contributed by atoms with Crippen LogP contribution < -0.4 is 10.2 Å². The van der Waals surface area contributed by atoms with Gasteiger partial charge in [-0.1, -0.05) is 62.5 Å². The molecule has 0 radical (unpaired) electrons. The Morgan fingerprint density at radius 1 is 0.706 bits per heavy atom. The molecule has 0 fully saturated rings. The third kappa shape index (κ3) is 5.43. The summed E-state index contributed by atoms with van der Waals surface area (Å²) in [5.41, 5.74) is 1.59. The van der Waals surface area contributed by atoms with E-state index >= 15 is 0 Å². The maximum atomic E-state index is 10.5. The molecule has 2 nitrogen and oxygen atoms in total. The van der Waals surface area contributed by atoms with Gasteiger partial charge in [-0.05, 0) is 11.1 Å². The minimum atomic E-state index is 0. The van der Waals surface area contributed by atoms with Crippen molar-refractivity contribution in [2.45, 2.75) is 13.8 Å². The van der Waals surface area contributed by atoms with E-state index in [1.54, 1.807) is 13.8 Å². The van der Waals surface area contributed by atoms with Gasteiger partial charge >= 0.3 is 17.1 Å². The van der Waals surface area contributed by atoms with Crippen LogP contribution in [0.4, 0.5) is 0 Å². The van der Waals surface area contributed by atoms with Gasteiger partial charge in [0.2, 0.25) is 0 Å². The van der Waals surface area contributed by atoms with Crippen LogP contribution in [0.5, 0.6) is 0 Å². The molecule has 0 bridgehead atoms. The smallest absolute Gasteiger partial charge is 0.875 e. The fourth-order valence-electron chi connectivity index (χ4n) is 1.22. The van der Waals surface area contributed by atoms with Crippen molar-refractivity contribution in [1.29, 1.82) is 0 Å². The topological polar surface area (TPSA) is 46.1 Å². The number of hydrogen-bond acceptors (Lipinski definition) is 2. The fraction of sp³-hybridized carbons (Fsp3) is 0.143. The molecule has 0 saturated carbocycles. The molecule has 0 saturated heterocycles. The van der Waals surface area contributed by atoms with E-state index in [2.05, 4.69) is 0 Å². The molecule has 0 aromatic heterocycles. The third-order valence-electron chi connectivity index (χ3n) is 2.14. The van der Waals surface area contributed by atoms with E-state index in [0.29, 0.717) is 0 Å². The summed E-state index contributed by atoms with van der Waals surface area (Å²) < 4.78 is 0. The normalized spacial score (nSPS) is 14.5. The van der Waals surface area contributed by atoms with E-state index in [0.717, 1.165) is 11.1 Å². The van der Waals surface area contributed by atoms with Gasteiger partial charge < -0.3 is 10.2 Å². The van der Waals surface area contributed by atoms with Crippen molar-refractivity contribution in [1.82, 2.24) is 0 Å². The van der Waals surface area contributed by atoms with Crippen LogP contribution in [0.2, 0.25) is 0 Å². The summed E-state index contributed by atoms with van der Waals surface area (Å²) in [6, 6.07) is 0. The Kier molecular flexibility index (Phi) is 7.11. The zero-order valence-electron chi connectivity index (χ0n) is 9.79. The molecule has 0 aromatic carbocycles. The second-order valence-corrected chi connectivity index (χ2v) is 3.46. The molecule has 0 N–H and O–H groups in total. The summed E-state index contributed by atoms with van der Waals surface area (Å²) in [5, 5.41) is 21.0. The molecule has 0 unspecified atom stereocenters. The van der Waals surface area contributed by atoms with Crippen LogP contribution in [0.25, 0.3) is 0 Å². The van der Waals surface area contributed by atoms with Gasteiger partial charge in [0.25, 0.3) is 0 Å².